The molecule has 19 heavy (non-hydrogen) atoms. The van der Waals surface area contributed by atoms with Crippen LogP contribution in [0.1, 0.15) is 11.1 Å². The quantitative estimate of drug-likeness (QED) is 0.649. The van der Waals surface area contributed by atoms with Crippen molar-refractivity contribution in [3.63, 3.8) is 0 Å². The summed E-state index contributed by atoms with van der Waals surface area (Å²) >= 11 is 0. The maximum absolute atomic E-state index is 10.5. The van der Waals surface area contributed by atoms with E-state index in [0.717, 1.165) is 5.56 Å². The highest BCUT2D eigenvalue weighted by Crippen LogP contribution is 2.11. The Morgan fingerprint density at radius 3 is 2.47 bits per heavy atom. The number of carboxylic acids is 1. The smallest absolute Gasteiger partial charge is 0.307 e. The van der Waals surface area contributed by atoms with Gasteiger partial charge in [-0.25, -0.2) is 0 Å². The number of nitro groups is 1. The molecule has 0 bridgehead atoms. The molecule has 0 amide bonds. The van der Waals surface area contributed by atoms with Crippen molar-refractivity contribution in [2.45, 2.75) is 13.0 Å². The molecule has 0 aliphatic heterocycles. The summed E-state index contributed by atoms with van der Waals surface area (Å²) in [6, 6.07) is 7.01. The fraction of sp³-hybridized carbons (Fsp3) is 0.167. The van der Waals surface area contributed by atoms with Crippen molar-refractivity contribution < 1.29 is 14.8 Å². The van der Waals surface area contributed by atoms with E-state index in [4.69, 9.17) is 5.11 Å². The summed E-state index contributed by atoms with van der Waals surface area (Å²) in [5.74, 6) is -0.879. The van der Waals surface area contributed by atoms with Crippen molar-refractivity contribution in [2.24, 2.45) is 0 Å². The average molecular weight is 261 g/mol. The maximum atomic E-state index is 10.5. The first-order valence-corrected chi connectivity index (χ1v) is 5.51. The Hall–Kier alpha value is -2.70. The molecule has 0 saturated heterocycles. The van der Waals surface area contributed by atoms with E-state index in [1.54, 1.807) is 24.3 Å². The van der Waals surface area contributed by atoms with Crippen molar-refractivity contribution in [1.82, 2.24) is 9.78 Å². The van der Waals surface area contributed by atoms with Crippen molar-refractivity contribution in [1.29, 1.82) is 0 Å². The lowest BCUT2D eigenvalue weighted by Gasteiger charge is -2.02. The van der Waals surface area contributed by atoms with Crippen LogP contribution in [0.5, 0.6) is 0 Å². The minimum Gasteiger partial charge on any atom is -0.481 e. The summed E-state index contributed by atoms with van der Waals surface area (Å²) in [7, 11) is 0. The highest BCUT2D eigenvalue weighted by atomic mass is 16.6. The number of aromatic nitrogens is 2. The fourth-order valence-corrected chi connectivity index (χ4v) is 1.66. The lowest BCUT2D eigenvalue weighted by molar-refractivity contribution is -0.385. The molecule has 0 atom stereocenters. The first kappa shape index (κ1) is 12.7. The summed E-state index contributed by atoms with van der Waals surface area (Å²) < 4.78 is 1.46. The zero-order chi connectivity index (χ0) is 13.8. The molecule has 0 saturated carbocycles. The molecular formula is C12H11N3O4. The van der Waals surface area contributed by atoms with Crippen LogP contribution in [-0.4, -0.2) is 25.8 Å². The van der Waals surface area contributed by atoms with E-state index in [-0.39, 0.29) is 12.1 Å². The summed E-state index contributed by atoms with van der Waals surface area (Å²) in [6.45, 7) is 0.404. The summed E-state index contributed by atoms with van der Waals surface area (Å²) in [6.07, 6.45) is 2.53. The normalized spacial score (nSPS) is 10.3. The van der Waals surface area contributed by atoms with Crippen LogP contribution < -0.4 is 0 Å². The van der Waals surface area contributed by atoms with Gasteiger partial charge in [-0.15, -0.1) is 0 Å². The molecule has 0 unspecified atom stereocenters. The first-order valence-electron chi connectivity index (χ1n) is 5.51. The second kappa shape index (κ2) is 5.30. The molecule has 0 aliphatic rings. The van der Waals surface area contributed by atoms with E-state index in [1.807, 2.05) is 0 Å². The molecule has 1 aromatic carbocycles. The molecule has 0 aliphatic carbocycles. The molecule has 1 aromatic heterocycles. The van der Waals surface area contributed by atoms with Crippen LogP contribution in [-0.2, 0) is 17.8 Å². The second-order valence-electron chi connectivity index (χ2n) is 4.04. The van der Waals surface area contributed by atoms with E-state index in [9.17, 15) is 14.9 Å². The summed E-state index contributed by atoms with van der Waals surface area (Å²) in [5.41, 5.74) is 1.55. The van der Waals surface area contributed by atoms with Crippen molar-refractivity contribution in [2.75, 3.05) is 0 Å². The van der Waals surface area contributed by atoms with Crippen LogP contribution in [0.3, 0.4) is 0 Å². The van der Waals surface area contributed by atoms with Crippen LogP contribution >= 0.6 is 0 Å². The first-order chi connectivity index (χ1) is 9.04. The molecular weight excluding hydrogens is 250 g/mol. The van der Waals surface area contributed by atoms with Crippen molar-refractivity contribution in [3.8, 4) is 0 Å². The lowest BCUT2D eigenvalue weighted by Crippen LogP contribution is -2.02. The number of hydrogen-bond acceptors (Lipinski definition) is 4. The Balaban J connectivity index is 2.06. The Morgan fingerprint density at radius 1 is 1.32 bits per heavy atom. The number of nitrogens with zero attached hydrogens (tertiary/aromatic N) is 3. The van der Waals surface area contributed by atoms with Crippen molar-refractivity contribution in [3.05, 3.63) is 57.9 Å². The van der Waals surface area contributed by atoms with E-state index in [1.165, 1.54) is 17.1 Å². The van der Waals surface area contributed by atoms with Gasteiger partial charge >= 0.3 is 11.7 Å². The summed E-state index contributed by atoms with van der Waals surface area (Å²) in [5, 5.41) is 23.0. The Morgan fingerprint density at radius 2 is 1.95 bits per heavy atom. The predicted molar refractivity (Wildman–Crippen MR) is 65.8 cm³/mol. The second-order valence-corrected chi connectivity index (χ2v) is 4.04. The number of rotatable bonds is 5. The fourth-order valence-electron chi connectivity index (χ4n) is 1.66. The molecule has 0 radical (unpaired) electrons. The number of carboxylic acid groups (broad SMARTS) is 1. The zero-order valence-electron chi connectivity index (χ0n) is 9.89. The van der Waals surface area contributed by atoms with E-state index >= 15 is 0 Å². The third-order valence-electron chi connectivity index (χ3n) is 2.55. The van der Waals surface area contributed by atoms with Gasteiger partial charge in [0, 0.05) is 0 Å². The average Bonchev–Trinajstić information content (AvgIpc) is 2.80. The van der Waals surface area contributed by atoms with Crippen molar-refractivity contribution >= 4 is 11.7 Å². The number of hydrogen-bond donors (Lipinski definition) is 1. The van der Waals surface area contributed by atoms with Gasteiger partial charge in [0.1, 0.15) is 12.4 Å². The van der Waals surface area contributed by atoms with Gasteiger partial charge in [-0.1, -0.05) is 24.3 Å². The van der Waals surface area contributed by atoms with Gasteiger partial charge < -0.3 is 5.11 Å². The lowest BCUT2D eigenvalue weighted by atomic mass is 10.1. The SMILES string of the molecule is O=C(O)Cc1ccc(Cn2cc([N+](=O)[O-])cn2)cc1. The van der Waals surface area contributed by atoms with Crippen LogP contribution in [0.25, 0.3) is 0 Å². The third kappa shape index (κ3) is 3.38. The Bertz CT molecular complexity index is 604. The van der Waals surface area contributed by atoms with Crippen LogP contribution in [0.4, 0.5) is 5.69 Å². The number of benzene rings is 1. The predicted octanol–water partition coefficient (Wildman–Crippen LogP) is 1.47. The molecule has 1 heterocycles. The van der Waals surface area contributed by atoms with Gasteiger partial charge in [0.25, 0.3) is 0 Å². The Kier molecular flexibility index (Phi) is 3.56. The molecule has 98 valence electrons. The van der Waals surface area contributed by atoms with Gasteiger partial charge in [-0.05, 0) is 11.1 Å². The number of aliphatic carboxylic acids is 1. The van der Waals surface area contributed by atoms with E-state index in [2.05, 4.69) is 5.10 Å². The summed E-state index contributed by atoms with van der Waals surface area (Å²) in [4.78, 5) is 20.5. The molecule has 2 aromatic rings. The molecule has 1 N–H and O–H groups in total. The van der Waals surface area contributed by atoms with Crippen LogP contribution in [0, 0.1) is 10.1 Å². The van der Waals surface area contributed by atoms with Gasteiger partial charge in [0.2, 0.25) is 0 Å². The Labute approximate surface area is 108 Å². The highest BCUT2D eigenvalue weighted by Gasteiger charge is 2.08. The van der Waals surface area contributed by atoms with Gasteiger partial charge in [-0.2, -0.15) is 5.10 Å². The molecule has 0 spiro atoms. The van der Waals surface area contributed by atoms with Crippen LogP contribution in [0.2, 0.25) is 0 Å². The van der Waals surface area contributed by atoms with Gasteiger partial charge in [-0.3, -0.25) is 19.6 Å². The largest absolute Gasteiger partial charge is 0.481 e. The topological polar surface area (TPSA) is 98.3 Å². The molecule has 7 heteroatoms. The zero-order valence-corrected chi connectivity index (χ0v) is 9.89. The van der Waals surface area contributed by atoms with Gasteiger partial charge in [0.15, 0.2) is 0 Å². The van der Waals surface area contributed by atoms with Gasteiger partial charge in [0.05, 0.1) is 17.9 Å². The highest BCUT2D eigenvalue weighted by molar-refractivity contribution is 5.70. The number of carbonyl (C=O) groups is 1. The molecule has 7 nitrogen and oxygen atoms in total. The molecule has 2 rings (SSSR count). The minimum absolute atomic E-state index is 0.0203. The maximum Gasteiger partial charge on any atom is 0.307 e. The standard InChI is InChI=1S/C12H11N3O4/c16-12(17)5-9-1-3-10(4-2-9)7-14-8-11(6-13-14)15(18)19/h1-4,6,8H,5,7H2,(H,16,17). The molecule has 0 fully saturated rings. The minimum atomic E-state index is -0.879. The van der Waals surface area contributed by atoms with E-state index in [0.29, 0.717) is 12.1 Å². The monoisotopic (exact) mass is 261 g/mol. The van der Waals surface area contributed by atoms with Crippen LogP contribution in [0.15, 0.2) is 36.7 Å². The van der Waals surface area contributed by atoms with E-state index < -0.39 is 10.9 Å². The third-order valence-corrected chi connectivity index (χ3v) is 2.55.